The predicted molar refractivity (Wildman–Crippen MR) is 81.7 cm³/mol. The zero-order valence-corrected chi connectivity index (χ0v) is 13.0. The molecule has 0 heterocycles. The summed E-state index contributed by atoms with van der Waals surface area (Å²) in [4.78, 5) is 12.1. The summed E-state index contributed by atoms with van der Waals surface area (Å²) in [6, 6.07) is 7.02. The third-order valence-corrected chi connectivity index (χ3v) is 3.04. The van der Waals surface area contributed by atoms with Gasteiger partial charge in [0.05, 0.1) is 12.2 Å². The van der Waals surface area contributed by atoms with Crippen LogP contribution in [0.2, 0.25) is 0 Å². The van der Waals surface area contributed by atoms with Crippen molar-refractivity contribution >= 4 is 5.91 Å². The summed E-state index contributed by atoms with van der Waals surface area (Å²) < 4.78 is 10.4. The van der Waals surface area contributed by atoms with E-state index in [1.165, 1.54) is 0 Å². The minimum atomic E-state index is -0.984. The Hall–Kier alpha value is -1.59. The Balaban J connectivity index is 2.55. The third-order valence-electron chi connectivity index (χ3n) is 3.04. The van der Waals surface area contributed by atoms with Gasteiger partial charge in [-0.3, -0.25) is 4.79 Å². The standard InChI is InChI=1S/C16H25NO4/c1-4-9-21-14-7-5-6-13(11-14)15(18)17-12-16(2,19)8-10-20-3/h5-7,11,19H,4,8-10,12H2,1-3H3,(H,17,18). The summed E-state index contributed by atoms with van der Waals surface area (Å²) in [5, 5.41) is 12.8. The molecular formula is C16H25NO4. The van der Waals surface area contributed by atoms with E-state index in [0.29, 0.717) is 30.9 Å². The van der Waals surface area contributed by atoms with Crippen molar-refractivity contribution in [2.75, 3.05) is 26.9 Å². The van der Waals surface area contributed by atoms with E-state index < -0.39 is 5.60 Å². The minimum absolute atomic E-state index is 0.176. The largest absolute Gasteiger partial charge is 0.494 e. The molecule has 1 aromatic carbocycles. The van der Waals surface area contributed by atoms with Crippen LogP contribution in [0.5, 0.6) is 5.75 Å². The summed E-state index contributed by atoms with van der Waals surface area (Å²) in [5.41, 5.74) is -0.465. The SMILES string of the molecule is CCCOc1cccc(C(=O)NCC(C)(O)CCOC)c1. The Morgan fingerprint density at radius 1 is 1.38 bits per heavy atom. The molecule has 0 aliphatic heterocycles. The molecule has 1 unspecified atom stereocenters. The highest BCUT2D eigenvalue weighted by Crippen LogP contribution is 2.14. The molecule has 118 valence electrons. The molecule has 0 aliphatic rings. The van der Waals surface area contributed by atoms with Gasteiger partial charge in [-0.25, -0.2) is 0 Å². The Bertz CT molecular complexity index is 446. The number of methoxy groups -OCH3 is 1. The highest BCUT2D eigenvalue weighted by Gasteiger charge is 2.21. The maximum absolute atomic E-state index is 12.1. The number of aliphatic hydroxyl groups is 1. The van der Waals surface area contributed by atoms with E-state index in [-0.39, 0.29) is 12.5 Å². The van der Waals surface area contributed by atoms with Crippen molar-refractivity contribution < 1.29 is 19.4 Å². The topological polar surface area (TPSA) is 67.8 Å². The Kier molecular flexibility index (Phi) is 7.19. The molecule has 5 heteroatoms. The van der Waals surface area contributed by atoms with Crippen LogP contribution in [0.1, 0.15) is 37.0 Å². The molecule has 0 radical (unpaired) electrons. The highest BCUT2D eigenvalue weighted by molar-refractivity contribution is 5.94. The van der Waals surface area contributed by atoms with Crippen LogP contribution in [0.4, 0.5) is 0 Å². The minimum Gasteiger partial charge on any atom is -0.494 e. The summed E-state index contributed by atoms with van der Waals surface area (Å²) in [6.45, 7) is 4.95. The van der Waals surface area contributed by atoms with Crippen molar-refractivity contribution in [3.8, 4) is 5.75 Å². The number of nitrogens with one attached hydrogen (secondary N) is 1. The lowest BCUT2D eigenvalue weighted by molar-refractivity contribution is 0.0243. The second-order valence-corrected chi connectivity index (χ2v) is 5.30. The van der Waals surface area contributed by atoms with Gasteiger partial charge in [0.1, 0.15) is 5.75 Å². The van der Waals surface area contributed by atoms with E-state index in [0.717, 1.165) is 6.42 Å². The third kappa shape index (κ3) is 6.60. The van der Waals surface area contributed by atoms with Gasteiger partial charge in [-0.2, -0.15) is 0 Å². The summed E-state index contributed by atoms with van der Waals surface area (Å²) >= 11 is 0. The van der Waals surface area contributed by atoms with Gasteiger partial charge in [0.2, 0.25) is 0 Å². The quantitative estimate of drug-likeness (QED) is 0.731. The van der Waals surface area contributed by atoms with Crippen LogP contribution < -0.4 is 10.1 Å². The highest BCUT2D eigenvalue weighted by atomic mass is 16.5. The molecule has 21 heavy (non-hydrogen) atoms. The lowest BCUT2D eigenvalue weighted by Gasteiger charge is -2.23. The number of rotatable bonds is 9. The summed E-state index contributed by atoms with van der Waals surface area (Å²) in [6.07, 6.45) is 1.38. The molecule has 0 bridgehead atoms. The molecule has 0 saturated carbocycles. The van der Waals surface area contributed by atoms with Gasteiger partial charge in [-0.1, -0.05) is 13.0 Å². The van der Waals surface area contributed by atoms with Crippen LogP contribution in [-0.4, -0.2) is 43.5 Å². The maximum atomic E-state index is 12.1. The number of hydrogen-bond donors (Lipinski definition) is 2. The Labute approximate surface area is 126 Å². The van der Waals surface area contributed by atoms with Gasteiger partial charge in [-0.05, 0) is 31.5 Å². The van der Waals surface area contributed by atoms with Crippen molar-refractivity contribution in [3.63, 3.8) is 0 Å². The van der Waals surface area contributed by atoms with E-state index in [9.17, 15) is 9.90 Å². The first-order valence-corrected chi connectivity index (χ1v) is 7.21. The second kappa shape index (κ2) is 8.64. The van der Waals surface area contributed by atoms with Crippen LogP contribution in [-0.2, 0) is 4.74 Å². The molecule has 0 saturated heterocycles. The molecule has 0 aliphatic carbocycles. The van der Waals surface area contributed by atoms with Crippen molar-refractivity contribution in [2.24, 2.45) is 0 Å². The number of amides is 1. The molecule has 1 aromatic rings. The molecule has 1 amide bonds. The summed E-state index contributed by atoms with van der Waals surface area (Å²) in [5.74, 6) is 0.449. The van der Waals surface area contributed by atoms with E-state index in [1.54, 1.807) is 32.2 Å². The van der Waals surface area contributed by atoms with Gasteiger partial charge < -0.3 is 19.9 Å². The fraction of sp³-hybridized carbons (Fsp3) is 0.562. The van der Waals surface area contributed by atoms with Crippen molar-refractivity contribution in [1.82, 2.24) is 5.32 Å². The van der Waals surface area contributed by atoms with Gasteiger partial charge in [0.25, 0.3) is 5.91 Å². The van der Waals surface area contributed by atoms with Gasteiger partial charge in [0.15, 0.2) is 0 Å². The number of hydrogen-bond acceptors (Lipinski definition) is 4. The smallest absolute Gasteiger partial charge is 0.251 e. The van der Waals surface area contributed by atoms with Crippen LogP contribution >= 0.6 is 0 Å². The van der Waals surface area contributed by atoms with Crippen molar-refractivity contribution in [3.05, 3.63) is 29.8 Å². The summed E-state index contributed by atoms with van der Waals surface area (Å²) in [7, 11) is 1.58. The Morgan fingerprint density at radius 3 is 2.81 bits per heavy atom. The first kappa shape index (κ1) is 17.5. The van der Waals surface area contributed by atoms with Gasteiger partial charge in [0, 0.05) is 32.2 Å². The van der Waals surface area contributed by atoms with E-state index in [1.807, 2.05) is 13.0 Å². The van der Waals surface area contributed by atoms with E-state index in [2.05, 4.69) is 5.32 Å². The fourth-order valence-electron chi connectivity index (χ4n) is 1.73. The van der Waals surface area contributed by atoms with Crippen LogP contribution in [0.25, 0.3) is 0 Å². The zero-order valence-electron chi connectivity index (χ0n) is 13.0. The lowest BCUT2D eigenvalue weighted by Crippen LogP contribution is -2.41. The van der Waals surface area contributed by atoms with Crippen molar-refractivity contribution in [1.29, 1.82) is 0 Å². The monoisotopic (exact) mass is 295 g/mol. The molecule has 1 atom stereocenters. The lowest BCUT2D eigenvalue weighted by atomic mass is 10.0. The van der Waals surface area contributed by atoms with E-state index in [4.69, 9.17) is 9.47 Å². The molecule has 2 N–H and O–H groups in total. The molecule has 1 rings (SSSR count). The molecule has 5 nitrogen and oxygen atoms in total. The average Bonchev–Trinajstić information content (AvgIpc) is 2.49. The molecule has 0 fully saturated rings. The number of benzene rings is 1. The number of carbonyl (C=O) groups is 1. The zero-order chi connectivity index (χ0) is 15.7. The predicted octanol–water partition coefficient (Wildman–Crippen LogP) is 1.99. The average molecular weight is 295 g/mol. The van der Waals surface area contributed by atoms with Crippen LogP contribution in [0.3, 0.4) is 0 Å². The van der Waals surface area contributed by atoms with Gasteiger partial charge in [-0.15, -0.1) is 0 Å². The van der Waals surface area contributed by atoms with Crippen molar-refractivity contribution in [2.45, 2.75) is 32.3 Å². The molecule has 0 aromatic heterocycles. The number of carbonyl (C=O) groups excluding carboxylic acids is 1. The fourth-order valence-corrected chi connectivity index (χ4v) is 1.73. The van der Waals surface area contributed by atoms with Crippen LogP contribution in [0, 0.1) is 0 Å². The Morgan fingerprint density at radius 2 is 2.14 bits per heavy atom. The van der Waals surface area contributed by atoms with Crippen LogP contribution in [0.15, 0.2) is 24.3 Å². The molecule has 0 spiro atoms. The number of ether oxygens (including phenoxy) is 2. The van der Waals surface area contributed by atoms with Gasteiger partial charge >= 0.3 is 0 Å². The molecular weight excluding hydrogens is 270 g/mol. The normalized spacial score (nSPS) is 13.5. The maximum Gasteiger partial charge on any atom is 0.251 e. The first-order chi connectivity index (χ1) is 9.98. The second-order valence-electron chi connectivity index (χ2n) is 5.30. The van der Waals surface area contributed by atoms with E-state index >= 15 is 0 Å². The first-order valence-electron chi connectivity index (χ1n) is 7.21.